The summed E-state index contributed by atoms with van der Waals surface area (Å²) in [6, 6.07) is 2.55. The smallest absolute Gasteiger partial charge is 0.266 e. The van der Waals surface area contributed by atoms with Crippen LogP contribution in [0, 0.1) is 11.6 Å². The highest BCUT2D eigenvalue weighted by atomic mass is 32.2. The van der Waals surface area contributed by atoms with Gasteiger partial charge in [0.1, 0.15) is 16.5 Å². The van der Waals surface area contributed by atoms with E-state index < -0.39 is 26.6 Å². The Balaban J connectivity index is 2.37. The van der Waals surface area contributed by atoms with Gasteiger partial charge in [-0.05, 0) is 0 Å². The highest BCUT2D eigenvalue weighted by molar-refractivity contribution is 7.92. The fourth-order valence-corrected chi connectivity index (χ4v) is 2.65. The van der Waals surface area contributed by atoms with Gasteiger partial charge in [0.05, 0.1) is 7.11 Å². The summed E-state index contributed by atoms with van der Waals surface area (Å²) in [5.41, 5.74) is 0. The van der Waals surface area contributed by atoms with Gasteiger partial charge in [0.2, 0.25) is 0 Å². The van der Waals surface area contributed by atoms with E-state index in [9.17, 15) is 17.2 Å². The van der Waals surface area contributed by atoms with Crippen LogP contribution in [0.3, 0.4) is 0 Å². The first-order chi connectivity index (χ1) is 9.87. The van der Waals surface area contributed by atoms with Crippen LogP contribution in [-0.2, 0) is 16.4 Å². The number of halogens is 2. The van der Waals surface area contributed by atoms with E-state index in [1.807, 2.05) is 4.72 Å². The van der Waals surface area contributed by atoms with Crippen LogP contribution in [0.5, 0.6) is 5.75 Å². The van der Waals surface area contributed by atoms with Crippen LogP contribution in [0.25, 0.3) is 0 Å². The molecule has 0 aliphatic rings. The summed E-state index contributed by atoms with van der Waals surface area (Å²) in [6.45, 7) is 1.79. The van der Waals surface area contributed by atoms with Gasteiger partial charge in [0.15, 0.2) is 17.4 Å². The minimum absolute atomic E-state index is 0.109. The second-order valence-electron chi connectivity index (χ2n) is 4.05. The minimum Gasteiger partial charge on any atom is -0.494 e. The summed E-state index contributed by atoms with van der Waals surface area (Å²) in [4.78, 5) is -0.846. The van der Waals surface area contributed by atoms with Gasteiger partial charge >= 0.3 is 0 Å². The molecule has 0 aliphatic carbocycles. The van der Waals surface area contributed by atoms with Gasteiger partial charge in [0, 0.05) is 24.6 Å². The summed E-state index contributed by atoms with van der Waals surface area (Å²) in [5.74, 6) is -2.17. The van der Waals surface area contributed by atoms with Crippen molar-refractivity contribution < 1.29 is 26.5 Å². The van der Waals surface area contributed by atoms with Gasteiger partial charge in [-0.1, -0.05) is 12.1 Å². The Morgan fingerprint density at radius 3 is 2.57 bits per heavy atom. The summed E-state index contributed by atoms with van der Waals surface area (Å²) in [6.07, 6.45) is 0.514. The third kappa shape index (κ3) is 3.13. The Morgan fingerprint density at radius 1 is 1.29 bits per heavy atom. The van der Waals surface area contributed by atoms with Gasteiger partial charge < -0.3 is 9.26 Å². The van der Waals surface area contributed by atoms with Gasteiger partial charge in [0.25, 0.3) is 10.0 Å². The van der Waals surface area contributed by atoms with Gasteiger partial charge in [-0.15, -0.1) is 0 Å². The predicted octanol–water partition coefficient (Wildman–Crippen LogP) is 2.32. The molecule has 0 spiro atoms. The van der Waals surface area contributed by atoms with E-state index in [4.69, 9.17) is 4.52 Å². The van der Waals surface area contributed by atoms with Crippen molar-refractivity contribution in [1.82, 2.24) is 5.16 Å². The first-order valence-corrected chi connectivity index (χ1v) is 7.37. The molecule has 0 bridgehead atoms. The zero-order chi connectivity index (χ0) is 15.6. The van der Waals surface area contributed by atoms with Crippen LogP contribution in [-0.4, -0.2) is 20.7 Å². The first kappa shape index (κ1) is 15.2. The van der Waals surface area contributed by atoms with Crippen LogP contribution in [0.2, 0.25) is 0 Å². The molecular formula is C12H12F2N2O4S. The summed E-state index contributed by atoms with van der Waals surface area (Å²) < 4.78 is 62.8. The average molecular weight is 318 g/mol. The third-order valence-electron chi connectivity index (χ3n) is 2.64. The van der Waals surface area contributed by atoms with E-state index in [0.29, 0.717) is 24.3 Å². The maximum absolute atomic E-state index is 13.8. The maximum atomic E-state index is 13.8. The Morgan fingerprint density at radius 2 is 2.00 bits per heavy atom. The average Bonchev–Trinajstić information content (AvgIpc) is 2.87. The van der Waals surface area contributed by atoms with Crippen molar-refractivity contribution in [3.8, 4) is 5.75 Å². The monoisotopic (exact) mass is 318 g/mol. The molecule has 0 amide bonds. The molecule has 1 N–H and O–H groups in total. The van der Waals surface area contributed by atoms with Crippen molar-refractivity contribution in [2.75, 3.05) is 11.8 Å². The normalized spacial score (nSPS) is 11.4. The van der Waals surface area contributed by atoms with E-state index >= 15 is 0 Å². The fourth-order valence-electron chi connectivity index (χ4n) is 1.59. The molecule has 0 saturated carbocycles. The molecule has 0 saturated heterocycles. The number of aryl methyl sites for hydroxylation is 1. The lowest BCUT2D eigenvalue weighted by atomic mass is 10.3. The summed E-state index contributed by atoms with van der Waals surface area (Å²) in [7, 11) is -3.18. The molecular weight excluding hydrogens is 306 g/mol. The number of aromatic nitrogens is 1. The topological polar surface area (TPSA) is 81.4 Å². The molecule has 1 aromatic heterocycles. The number of nitrogens with zero attached hydrogens (tertiary/aromatic N) is 1. The van der Waals surface area contributed by atoms with Crippen molar-refractivity contribution in [2.45, 2.75) is 18.2 Å². The van der Waals surface area contributed by atoms with E-state index in [2.05, 4.69) is 9.89 Å². The molecule has 1 aromatic carbocycles. The zero-order valence-corrected chi connectivity index (χ0v) is 12.0. The standard InChI is InChI=1S/C12H12F2N2O4S/c1-3-7-4-12(15-20-7)16-21(17,18)11-6-8(13)10(19-2)5-9(11)14/h4-6H,3H2,1-2H3,(H,15,16). The number of benzene rings is 1. The number of ether oxygens (including phenoxy) is 1. The molecule has 1 heterocycles. The molecule has 114 valence electrons. The number of nitrogens with one attached hydrogen (secondary N) is 1. The highest BCUT2D eigenvalue weighted by Crippen LogP contribution is 2.25. The molecule has 2 rings (SSSR count). The fraction of sp³-hybridized carbons (Fsp3) is 0.250. The lowest BCUT2D eigenvalue weighted by Gasteiger charge is -2.08. The van der Waals surface area contributed by atoms with Crippen molar-refractivity contribution in [3.05, 3.63) is 35.6 Å². The number of sulfonamides is 1. The van der Waals surface area contributed by atoms with Gasteiger partial charge in [-0.25, -0.2) is 17.2 Å². The van der Waals surface area contributed by atoms with E-state index in [1.165, 1.54) is 6.07 Å². The molecule has 6 nitrogen and oxygen atoms in total. The Bertz CT molecular complexity index is 759. The molecule has 0 aliphatic heterocycles. The molecule has 2 aromatic rings. The van der Waals surface area contributed by atoms with Crippen LogP contribution < -0.4 is 9.46 Å². The maximum Gasteiger partial charge on any atom is 0.266 e. The van der Waals surface area contributed by atoms with Crippen LogP contribution in [0.4, 0.5) is 14.6 Å². The second kappa shape index (κ2) is 5.68. The van der Waals surface area contributed by atoms with Crippen molar-refractivity contribution in [1.29, 1.82) is 0 Å². The Labute approximate surface area is 119 Å². The molecule has 0 unspecified atom stereocenters. The number of anilines is 1. The van der Waals surface area contributed by atoms with Crippen LogP contribution in [0.1, 0.15) is 12.7 Å². The SMILES string of the molecule is CCc1cc(NS(=O)(=O)c2cc(F)c(OC)cc2F)no1. The first-order valence-electron chi connectivity index (χ1n) is 5.88. The van der Waals surface area contributed by atoms with Crippen molar-refractivity contribution in [2.24, 2.45) is 0 Å². The van der Waals surface area contributed by atoms with Gasteiger partial charge in [-0.2, -0.15) is 0 Å². The quantitative estimate of drug-likeness (QED) is 0.915. The molecule has 21 heavy (non-hydrogen) atoms. The van der Waals surface area contributed by atoms with Crippen molar-refractivity contribution >= 4 is 15.8 Å². The number of hydrogen-bond donors (Lipinski definition) is 1. The lowest BCUT2D eigenvalue weighted by Crippen LogP contribution is -2.15. The van der Waals surface area contributed by atoms with Crippen molar-refractivity contribution in [3.63, 3.8) is 0 Å². The van der Waals surface area contributed by atoms with Crippen LogP contribution >= 0.6 is 0 Å². The van der Waals surface area contributed by atoms with Gasteiger partial charge in [-0.3, -0.25) is 4.72 Å². The molecule has 0 radical (unpaired) electrons. The Kier molecular flexibility index (Phi) is 4.12. The number of rotatable bonds is 5. The molecule has 0 fully saturated rings. The molecule has 9 heteroatoms. The summed E-state index contributed by atoms with van der Waals surface area (Å²) >= 11 is 0. The van der Waals surface area contributed by atoms with E-state index in [0.717, 1.165) is 7.11 Å². The number of methoxy groups -OCH3 is 1. The minimum atomic E-state index is -4.33. The lowest BCUT2D eigenvalue weighted by molar-refractivity contribution is 0.380. The largest absolute Gasteiger partial charge is 0.494 e. The van der Waals surface area contributed by atoms with Crippen LogP contribution in [0.15, 0.2) is 27.6 Å². The number of hydrogen-bond acceptors (Lipinski definition) is 5. The highest BCUT2D eigenvalue weighted by Gasteiger charge is 2.23. The second-order valence-corrected chi connectivity index (χ2v) is 5.71. The Hall–Kier alpha value is -2.16. The zero-order valence-electron chi connectivity index (χ0n) is 11.2. The summed E-state index contributed by atoms with van der Waals surface area (Å²) in [5, 5.41) is 3.48. The third-order valence-corrected chi connectivity index (χ3v) is 4.01. The van der Waals surface area contributed by atoms with E-state index in [-0.39, 0.29) is 11.6 Å². The van der Waals surface area contributed by atoms with E-state index in [1.54, 1.807) is 6.92 Å². The molecule has 0 atom stereocenters. The predicted molar refractivity (Wildman–Crippen MR) is 69.6 cm³/mol.